The maximum Gasteiger partial charge on any atom is 0.332 e. The van der Waals surface area contributed by atoms with Gasteiger partial charge in [0.1, 0.15) is 0 Å². The van der Waals surface area contributed by atoms with Crippen LogP contribution in [0.2, 0.25) is 0 Å². The average Bonchev–Trinajstić information content (AvgIpc) is 1.99. The number of rotatable bonds is 4. The molecule has 0 atom stereocenters. The highest BCUT2D eigenvalue weighted by molar-refractivity contribution is 5.99. The van der Waals surface area contributed by atoms with Crippen molar-refractivity contribution in [3.8, 4) is 0 Å². The number of carboxylic acid groups (broad SMARTS) is 2. The number of carbonyl (C=O) groups is 2. The SMILES string of the molecule is CCCC(C(=O)O)=C(C(=O)O)C(C)(C)C. The van der Waals surface area contributed by atoms with Crippen molar-refractivity contribution in [1.82, 2.24) is 0 Å². The molecule has 0 aromatic carbocycles. The Morgan fingerprint density at radius 2 is 1.53 bits per heavy atom. The maximum atomic E-state index is 11.0. The number of hydrogen-bond acceptors (Lipinski definition) is 2. The van der Waals surface area contributed by atoms with Gasteiger partial charge in [-0.2, -0.15) is 0 Å². The zero-order valence-corrected chi connectivity index (χ0v) is 9.63. The smallest absolute Gasteiger partial charge is 0.332 e. The van der Waals surface area contributed by atoms with Crippen LogP contribution in [-0.2, 0) is 9.59 Å². The van der Waals surface area contributed by atoms with Crippen molar-refractivity contribution in [2.75, 3.05) is 0 Å². The van der Waals surface area contributed by atoms with E-state index in [1.807, 2.05) is 6.92 Å². The zero-order valence-electron chi connectivity index (χ0n) is 9.63. The van der Waals surface area contributed by atoms with Gasteiger partial charge < -0.3 is 10.2 Å². The molecule has 0 aromatic rings. The second kappa shape index (κ2) is 4.96. The third-order valence-electron chi connectivity index (χ3n) is 2.02. The van der Waals surface area contributed by atoms with Gasteiger partial charge in [-0.3, -0.25) is 0 Å². The third-order valence-corrected chi connectivity index (χ3v) is 2.02. The average molecular weight is 214 g/mol. The minimum Gasteiger partial charge on any atom is -0.478 e. The number of aliphatic carboxylic acids is 2. The molecule has 0 aromatic heterocycles. The molecule has 0 heterocycles. The molecule has 0 aliphatic heterocycles. The van der Waals surface area contributed by atoms with Crippen LogP contribution >= 0.6 is 0 Å². The molecule has 0 amide bonds. The van der Waals surface area contributed by atoms with Gasteiger partial charge in [0, 0.05) is 5.57 Å². The highest BCUT2D eigenvalue weighted by Crippen LogP contribution is 2.30. The summed E-state index contributed by atoms with van der Waals surface area (Å²) in [6.07, 6.45) is 0.905. The minimum atomic E-state index is -1.15. The molecule has 4 nitrogen and oxygen atoms in total. The molecule has 0 saturated carbocycles. The summed E-state index contributed by atoms with van der Waals surface area (Å²) < 4.78 is 0. The second-order valence-corrected chi connectivity index (χ2v) is 4.46. The highest BCUT2D eigenvalue weighted by Gasteiger charge is 2.29. The molecule has 15 heavy (non-hydrogen) atoms. The van der Waals surface area contributed by atoms with Crippen LogP contribution in [0.3, 0.4) is 0 Å². The summed E-state index contributed by atoms with van der Waals surface area (Å²) in [5.74, 6) is -2.28. The standard InChI is InChI=1S/C11H18O4/c1-5-6-7(9(12)13)8(10(14)15)11(2,3)4/h5-6H2,1-4H3,(H,12,13)(H,14,15). The Balaban J connectivity index is 5.57. The molecule has 0 aliphatic carbocycles. The summed E-state index contributed by atoms with van der Waals surface area (Å²) in [5, 5.41) is 18.0. The first-order valence-corrected chi connectivity index (χ1v) is 4.92. The van der Waals surface area contributed by atoms with Crippen LogP contribution in [0.4, 0.5) is 0 Å². The van der Waals surface area contributed by atoms with Gasteiger partial charge in [0.25, 0.3) is 0 Å². The molecule has 86 valence electrons. The molecule has 0 bridgehead atoms. The molecule has 0 unspecified atom stereocenters. The van der Waals surface area contributed by atoms with Gasteiger partial charge in [-0.15, -0.1) is 0 Å². The second-order valence-electron chi connectivity index (χ2n) is 4.46. The first-order chi connectivity index (χ1) is 6.71. The van der Waals surface area contributed by atoms with Gasteiger partial charge in [0.05, 0.1) is 5.57 Å². The van der Waals surface area contributed by atoms with Gasteiger partial charge in [0.15, 0.2) is 0 Å². The van der Waals surface area contributed by atoms with Crippen molar-refractivity contribution in [1.29, 1.82) is 0 Å². The normalized spacial score (nSPS) is 13.3. The Labute approximate surface area is 89.6 Å². The van der Waals surface area contributed by atoms with E-state index in [4.69, 9.17) is 10.2 Å². The van der Waals surface area contributed by atoms with Crippen LogP contribution in [0.25, 0.3) is 0 Å². The van der Waals surface area contributed by atoms with Crippen LogP contribution in [-0.4, -0.2) is 22.2 Å². The third kappa shape index (κ3) is 3.73. The summed E-state index contributed by atoms with van der Waals surface area (Å²) in [6, 6.07) is 0. The molecule has 2 N–H and O–H groups in total. The van der Waals surface area contributed by atoms with E-state index >= 15 is 0 Å². The summed E-state index contributed by atoms with van der Waals surface area (Å²) in [7, 11) is 0. The topological polar surface area (TPSA) is 74.6 Å². The van der Waals surface area contributed by atoms with E-state index in [9.17, 15) is 9.59 Å². The van der Waals surface area contributed by atoms with Crippen LogP contribution in [0, 0.1) is 5.41 Å². The lowest BCUT2D eigenvalue weighted by Gasteiger charge is -2.21. The lowest BCUT2D eigenvalue weighted by atomic mass is 9.82. The van der Waals surface area contributed by atoms with Crippen LogP contribution in [0.5, 0.6) is 0 Å². The molecule has 4 heteroatoms. The molecular formula is C11H18O4. The fourth-order valence-electron chi connectivity index (χ4n) is 1.49. The maximum absolute atomic E-state index is 11.0. The summed E-state index contributed by atoms with van der Waals surface area (Å²) in [6.45, 7) is 6.93. The zero-order chi connectivity index (χ0) is 12.2. The number of carboxylic acids is 2. The van der Waals surface area contributed by atoms with Crippen molar-refractivity contribution in [3.05, 3.63) is 11.1 Å². The lowest BCUT2D eigenvalue weighted by Crippen LogP contribution is -2.22. The number of hydrogen-bond donors (Lipinski definition) is 2. The molecule has 0 rings (SSSR count). The fourth-order valence-corrected chi connectivity index (χ4v) is 1.49. The van der Waals surface area contributed by atoms with E-state index < -0.39 is 17.4 Å². The van der Waals surface area contributed by atoms with E-state index in [1.54, 1.807) is 20.8 Å². The Hall–Kier alpha value is -1.32. The van der Waals surface area contributed by atoms with E-state index in [2.05, 4.69) is 0 Å². The Bertz CT molecular complexity index is 294. The van der Waals surface area contributed by atoms with Crippen molar-refractivity contribution >= 4 is 11.9 Å². The first-order valence-electron chi connectivity index (χ1n) is 4.92. The van der Waals surface area contributed by atoms with Crippen LogP contribution < -0.4 is 0 Å². The molecule has 0 saturated heterocycles. The van der Waals surface area contributed by atoms with Crippen molar-refractivity contribution < 1.29 is 19.8 Å². The summed E-state index contributed by atoms with van der Waals surface area (Å²) >= 11 is 0. The van der Waals surface area contributed by atoms with Crippen molar-refractivity contribution in [3.63, 3.8) is 0 Å². The Kier molecular flexibility index (Phi) is 4.52. The van der Waals surface area contributed by atoms with E-state index in [1.165, 1.54) is 0 Å². The van der Waals surface area contributed by atoms with E-state index in [0.29, 0.717) is 6.42 Å². The Morgan fingerprint density at radius 1 is 1.07 bits per heavy atom. The summed E-state index contributed by atoms with van der Waals surface area (Å²) in [4.78, 5) is 22.0. The fraction of sp³-hybridized carbons (Fsp3) is 0.636. The molecule has 0 aliphatic rings. The van der Waals surface area contributed by atoms with Gasteiger partial charge in [-0.1, -0.05) is 34.1 Å². The monoisotopic (exact) mass is 214 g/mol. The summed E-state index contributed by atoms with van der Waals surface area (Å²) in [5.41, 5.74) is -0.649. The quantitative estimate of drug-likeness (QED) is 0.704. The van der Waals surface area contributed by atoms with Gasteiger partial charge >= 0.3 is 11.9 Å². The highest BCUT2D eigenvalue weighted by atomic mass is 16.4. The van der Waals surface area contributed by atoms with Crippen LogP contribution in [0.1, 0.15) is 40.5 Å². The largest absolute Gasteiger partial charge is 0.478 e. The molecule has 0 radical (unpaired) electrons. The molecule has 0 fully saturated rings. The van der Waals surface area contributed by atoms with E-state index in [-0.39, 0.29) is 17.6 Å². The lowest BCUT2D eigenvalue weighted by molar-refractivity contribution is -0.137. The van der Waals surface area contributed by atoms with Gasteiger partial charge in [-0.05, 0) is 11.8 Å². The minimum absolute atomic E-state index is 0.00292. The molecule has 0 spiro atoms. The van der Waals surface area contributed by atoms with Gasteiger partial charge in [-0.25, -0.2) is 9.59 Å². The molecular weight excluding hydrogens is 196 g/mol. The predicted octanol–water partition coefficient (Wildman–Crippen LogP) is 2.30. The first kappa shape index (κ1) is 13.7. The van der Waals surface area contributed by atoms with Gasteiger partial charge in [0.2, 0.25) is 0 Å². The van der Waals surface area contributed by atoms with E-state index in [0.717, 1.165) is 0 Å². The van der Waals surface area contributed by atoms with Crippen molar-refractivity contribution in [2.45, 2.75) is 40.5 Å². The predicted molar refractivity (Wildman–Crippen MR) is 56.7 cm³/mol. The Morgan fingerprint density at radius 3 is 1.73 bits per heavy atom. The van der Waals surface area contributed by atoms with Crippen LogP contribution in [0.15, 0.2) is 11.1 Å². The van der Waals surface area contributed by atoms with Crippen molar-refractivity contribution in [2.24, 2.45) is 5.41 Å².